The molecule has 1 aliphatic rings. The number of halogens is 2. The normalized spacial score (nSPS) is 14.6. The van der Waals surface area contributed by atoms with Gasteiger partial charge in [0, 0.05) is 21.2 Å². The van der Waals surface area contributed by atoms with E-state index in [-0.39, 0.29) is 6.54 Å². The summed E-state index contributed by atoms with van der Waals surface area (Å²) in [7, 11) is -3.43. The molecule has 0 aliphatic carbocycles. The van der Waals surface area contributed by atoms with Crippen LogP contribution in [0.25, 0.3) is 5.69 Å². The Labute approximate surface area is 178 Å². The van der Waals surface area contributed by atoms with Gasteiger partial charge in [-0.25, -0.2) is 13.1 Å². The van der Waals surface area contributed by atoms with E-state index in [0.717, 1.165) is 23.1 Å². The van der Waals surface area contributed by atoms with Gasteiger partial charge in [0.05, 0.1) is 23.7 Å². The Morgan fingerprint density at radius 3 is 2.59 bits per heavy atom. The molecular formula is C19H17Cl2N5O2S. The zero-order chi connectivity index (χ0) is 20.8. The average Bonchev–Trinajstić information content (AvgIpc) is 2.99. The molecule has 0 saturated carbocycles. The summed E-state index contributed by atoms with van der Waals surface area (Å²) in [5.41, 5.74) is 2.98. The largest absolute Gasteiger partial charge is 0.279 e. The van der Waals surface area contributed by atoms with Gasteiger partial charge in [-0.3, -0.25) is 9.56 Å². The van der Waals surface area contributed by atoms with Crippen LogP contribution < -0.4 is 4.72 Å². The fraction of sp³-hybridized carbons (Fsp3) is 0.211. The van der Waals surface area contributed by atoms with Crippen LogP contribution in [-0.4, -0.2) is 35.1 Å². The molecule has 29 heavy (non-hydrogen) atoms. The molecule has 0 saturated heterocycles. The van der Waals surface area contributed by atoms with Crippen LogP contribution in [0.4, 0.5) is 0 Å². The summed E-state index contributed by atoms with van der Waals surface area (Å²) in [6, 6.07) is 12.3. The first kappa shape index (κ1) is 20.0. The molecule has 0 amide bonds. The van der Waals surface area contributed by atoms with Gasteiger partial charge >= 0.3 is 0 Å². The second-order valence-corrected chi connectivity index (χ2v) is 9.35. The molecule has 10 heteroatoms. The molecule has 1 atom stereocenters. The standard InChI is InChI=1S/C19H17Cl2N5O2S/c1-11(25-29(2,27)28)19-24-23-17-10-22-18(13-5-3-4-6-15(13)21)14-9-12(20)7-8-16(14)26(17)19/h3-9,11,25H,10H2,1-2H3. The Balaban J connectivity index is 1.92. The number of hydrogen-bond donors (Lipinski definition) is 1. The fourth-order valence-corrected chi connectivity index (χ4v) is 4.51. The third kappa shape index (κ3) is 3.93. The predicted octanol–water partition coefficient (Wildman–Crippen LogP) is 3.54. The lowest BCUT2D eigenvalue weighted by atomic mass is 10.0. The van der Waals surface area contributed by atoms with E-state index in [9.17, 15) is 8.42 Å². The monoisotopic (exact) mass is 449 g/mol. The fourth-order valence-electron chi connectivity index (χ4n) is 3.36. The van der Waals surface area contributed by atoms with Crippen molar-refractivity contribution in [3.8, 4) is 5.69 Å². The van der Waals surface area contributed by atoms with Crippen LogP contribution in [0.2, 0.25) is 10.0 Å². The number of rotatable bonds is 4. The van der Waals surface area contributed by atoms with E-state index in [0.29, 0.717) is 27.4 Å². The molecule has 1 unspecified atom stereocenters. The minimum absolute atomic E-state index is 0.255. The van der Waals surface area contributed by atoms with Crippen molar-refractivity contribution in [2.75, 3.05) is 6.26 Å². The molecule has 0 spiro atoms. The maximum atomic E-state index is 11.7. The summed E-state index contributed by atoms with van der Waals surface area (Å²) in [5, 5.41) is 9.58. The van der Waals surface area contributed by atoms with Gasteiger partial charge in [-0.05, 0) is 31.2 Å². The second kappa shape index (κ2) is 7.53. The summed E-state index contributed by atoms with van der Waals surface area (Å²) >= 11 is 12.7. The third-order valence-electron chi connectivity index (χ3n) is 4.50. The van der Waals surface area contributed by atoms with E-state index in [1.807, 2.05) is 34.9 Å². The Kier molecular flexibility index (Phi) is 5.20. The minimum atomic E-state index is -3.43. The van der Waals surface area contributed by atoms with Crippen LogP contribution in [-0.2, 0) is 16.6 Å². The quantitative estimate of drug-likeness (QED) is 0.659. The van der Waals surface area contributed by atoms with E-state index in [2.05, 4.69) is 14.9 Å². The number of hydrogen-bond acceptors (Lipinski definition) is 5. The summed E-state index contributed by atoms with van der Waals surface area (Å²) in [6.45, 7) is 1.97. The predicted molar refractivity (Wildman–Crippen MR) is 114 cm³/mol. The first-order valence-electron chi connectivity index (χ1n) is 8.76. The second-order valence-electron chi connectivity index (χ2n) is 6.73. The van der Waals surface area contributed by atoms with Crippen molar-refractivity contribution in [3.05, 3.63) is 75.3 Å². The molecule has 2 heterocycles. The number of benzene rings is 2. The Bertz CT molecular complexity index is 1240. The highest BCUT2D eigenvalue weighted by molar-refractivity contribution is 7.88. The zero-order valence-electron chi connectivity index (χ0n) is 15.6. The van der Waals surface area contributed by atoms with Crippen LogP contribution >= 0.6 is 23.2 Å². The van der Waals surface area contributed by atoms with Crippen molar-refractivity contribution in [3.63, 3.8) is 0 Å². The number of fused-ring (bicyclic) bond motifs is 3. The summed E-state index contributed by atoms with van der Waals surface area (Å²) in [6.07, 6.45) is 1.11. The first-order chi connectivity index (χ1) is 13.7. The lowest BCUT2D eigenvalue weighted by Crippen LogP contribution is -2.27. The van der Waals surface area contributed by atoms with Gasteiger partial charge in [0.25, 0.3) is 0 Å². The molecule has 4 rings (SSSR count). The number of aromatic nitrogens is 3. The van der Waals surface area contributed by atoms with Crippen molar-refractivity contribution >= 4 is 38.9 Å². The number of sulfonamides is 1. The zero-order valence-corrected chi connectivity index (χ0v) is 17.9. The lowest BCUT2D eigenvalue weighted by Gasteiger charge is -2.17. The highest BCUT2D eigenvalue weighted by Gasteiger charge is 2.27. The molecule has 1 aliphatic heterocycles. The van der Waals surface area contributed by atoms with Crippen molar-refractivity contribution in [1.29, 1.82) is 0 Å². The van der Waals surface area contributed by atoms with Gasteiger partial charge in [0.1, 0.15) is 6.54 Å². The van der Waals surface area contributed by atoms with Gasteiger partial charge in [-0.2, -0.15) is 0 Å². The first-order valence-corrected chi connectivity index (χ1v) is 11.4. The molecule has 7 nitrogen and oxygen atoms in total. The minimum Gasteiger partial charge on any atom is -0.279 e. The Morgan fingerprint density at radius 1 is 1.10 bits per heavy atom. The number of nitrogens with zero attached hydrogens (tertiary/aromatic N) is 4. The maximum absolute atomic E-state index is 11.7. The summed E-state index contributed by atoms with van der Waals surface area (Å²) < 4.78 is 27.8. The molecule has 150 valence electrons. The van der Waals surface area contributed by atoms with E-state index in [1.165, 1.54) is 0 Å². The smallest absolute Gasteiger partial charge is 0.209 e. The molecule has 1 N–H and O–H groups in total. The van der Waals surface area contributed by atoms with Crippen LogP contribution in [0.1, 0.15) is 35.7 Å². The highest BCUT2D eigenvalue weighted by atomic mass is 35.5. The van der Waals surface area contributed by atoms with Crippen LogP contribution in [0, 0.1) is 0 Å². The number of aliphatic imine (C=N–C) groups is 1. The molecular weight excluding hydrogens is 433 g/mol. The van der Waals surface area contributed by atoms with Gasteiger partial charge in [0.2, 0.25) is 10.0 Å². The van der Waals surface area contributed by atoms with E-state index >= 15 is 0 Å². The van der Waals surface area contributed by atoms with Crippen LogP contribution in [0.15, 0.2) is 47.5 Å². The Morgan fingerprint density at radius 2 is 1.86 bits per heavy atom. The van der Waals surface area contributed by atoms with Gasteiger partial charge in [-0.15, -0.1) is 10.2 Å². The Hall–Kier alpha value is -2.26. The third-order valence-corrected chi connectivity index (χ3v) is 5.84. The van der Waals surface area contributed by atoms with Crippen molar-refractivity contribution < 1.29 is 8.42 Å². The van der Waals surface area contributed by atoms with Crippen LogP contribution in [0.3, 0.4) is 0 Å². The molecule has 3 aromatic rings. The van der Waals surface area contributed by atoms with Crippen molar-refractivity contribution in [2.24, 2.45) is 4.99 Å². The lowest BCUT2D eigenvalue weighted by molar-refractivity contribution is 0.562. The van der Waals surface area contributed by atoms with Gasteiger partial charge < -0.3 is 0 Å². The van der Waals surface area contributed by atoms with E-state index < -0.39 is 16.1 Å². The molecule has 1 aromatic heterocycles. The topological polar surface area (TPSA) is 89.2 Å². The van der Waals surface area contributed by atoms with Gasteiger partial charge in [0.15, 0.2) is 11.6 Å². The average molecular weight is 450 g/mol. The summed E-state index contributed by atoms with van der Waals surface area (Å²) in [5.74, 6) is 1.05. The van der Waals surface area contributed by atoms with Gasteiger partial charge in [-0.1, -0.05) is 41.4 Å². The van der Waals surface area contributed by atoms with E-state index in [1.54, 1.807) is 19.1 Å². The highest BCUT2D eigenvalue weighted by Crippen LogP contribution is 2.31. The van der Waals surface area contributed by atoms with Crippen LogP contribution in [0.5, 0.6) is 0 Å². The number of nitrogens with one attached hydrogen (secondary N) is 1. The molecule has 2 aromatic carbocycles. The SMILES string of the molecule is CC(NS(C)(=O)=O)c1nnc2n1-c1ccc(Cl)cc1C(c1ccccc1Cl)=NC2. The van der Waals surface area contributed by atoms with Crippen molar-refractivity contribution in [2.45, 2.75) is 19.5 Å². The van der Waals surface area contributed by atoms with Crippen molar-refractivity contribution in [1.82, 2.24) is 19.5 Å². The van der Waals surface area contributed by atoms with E-state index in [4.69, 9.17) is 28.2 Å². The maximum Gasteiger partial charge on any atom is 0.209 e. The summed E-state index contributed by atoms with van der Waals surface area (Å²) in [4.78, 5) is 4.74. The molecule has 0 radical (unpaired) electrons. The molecule has 0 fully saturated rings. The molecule has 0 bridgehead atoms.